The highest BCUT2D eigenvalue weighted by molar-refractivity contribution is 9.10. The molecule has 0 saturated carbocycles. The van der Waals surface area contributed by atoms with Crippen molar-refractivity contribution < 1.29 is 9.18 Å². The third-order valence-corrected chi connectivity index (χ3v) is 3.65. The van der Waals surface area contributed by atoms with Crippen molar-refractivity contribution in [2.75, 3.05) is 11.1 Å². The third kappa shape index (κ3) is 3.58. The van der Waals surface area contributed by atoms with Crippen LogP contribution in [0.5, 0.6) is 0 Å². The van der Waals surface area contributed by atoms with E-state index in [-0.39, 0.29) is 5.91 Å². The number of carbonyl (C=O) groups excluding carboxylic acids is 1. The molecule has 1 amide bonds. The van der Waals surface area contributed by atoms with Gasteiger partial charge in [0.15, 0.2) is 0 Å². The van der Waals surface area contributed by atoms with Crippen LogP contribution in [0.2, 0.25) is 0 Å². The SMILES string of the molecule is CCc1cc(C(=O)Nc2cc(F)c(Br)cc2C)cc(N)n1. The summed E-state index contributed by atoms with van der Waals surface area (Å²) in [4.78, 5) is 16.4. The molecule has 0 bridgehead atoms. The fourth-order valence-corrected chi connectivity index (χ4v) is 2.36. The van der Waals surface area contributed by atoms with Crippen LogP contribution in [0.15, 0.2) is 28.7 Å². The summed E-state index contributed by atoms with van der Waals surface area (Å²) in [5, 5.41) is 2.69. The molecule has 21 heavy (non-hydrogen) atoms. The zero-order valence-electron chi connectivity index (χ0n) is 11.7. The Morgan fingerprint density at radius 1 is 1.38 bits per heavy atom. The maximum absolute atomic E-state index is 13.6. The van der Waals surface area contributed by atoms with E-state index in [0.717, 1.165) is 11.3 Å². The molecule has 6 heteroatoms. The van der Waals surface area contributed by atoms with Crippen molar-refractivity contribution in [2.45, 2.75) is 20.3 Å². The summed E-state index contributed by atoms with van der Waals surface area (Å²) in [6.07, 6.45) is 0.678. The highest BCUT2D eigenvalue weighted by Gasteiger charge is 2.12. The number of aryl methyl sites for hydroxylation is 2. The van der Waals surface area contributed by atoms with E-state index in [1.54, 1.807) is 19.1 Å². The van der Waals surface area contributed by atoms with Gasteiger partial charge in [-0.05, 0) is 59.1 Å². The van der Waals surface area contributed by atoms with Gasteiger partial charge in [0.05, 0.1) is 4.47 Å². The van der Waals surface area contributed by atoms with Gasteiger partial charge in [0.1, 0.15) is 11.6 Å². The first-order valence-corrected chi connectivity index (χ1v) is 7.23. The molecule has 2 aromatic rings. The van der Waals surface area contributed by atoms with Gasteiger partial charge in [-0.15, -0.1) is 0 Å². The summed E-state index contributed by atoms with van der Waals surface area (Å²) in [6, 6.07) is 6.07. The van der Waals surface area contributed by atoms with E-state index < -0.39 is 5.82 Å². The minimum atomic E-state index is -0.431. The number of pyridine rings is 1. The fourth-order valence-electron chi connectivity index (χ4n) is 1.90. The smallest absolute Gasteiger partial charge is 0.255 e. The van der Waals surface area contributed by atoms with E-state index in [2.05, 4.69) is 26.2 Å². The molecule has 1 aromatic heterocycles. The Bertz CT molecular complexity index is 704. The lowest BCUT2D eigenvalue weighted by Crippen LogP contribution is -2.14. The van der Waals surface area contributed by atoms with Crippen molar-refractivity contribution >= 4 is 33.3 Å². The summed E-state index contributed by atoms with van der Waals surface area (Å²) in [7, 11) is 0. The standard InChI is InChI=1S/C15H15BrFN3O/c1-3-10-5-9(6-14(18)19-10)15(21)20-13-7-12(17)11(16)4-8(13)2/h4-7H,3H2,1-2H3,(H2,18,19)(H,20,21). The molecule has 0 atom stereocenters. The Balaban J connectivity index is 2.30. The topological polar surface area (TPSA) is 68.0 Å². The van der Waals surface area contributed by atoms with Gasteiger partial charge < -0.3 is 11.1 Å². The van der Waals surface area contributed by atoms with Crippen molar-refractivity contribution in [1.29, 1.82) is 0 Å². The Kier molecular flexibility index (Phi) is 4.57. The maximum Gasteiger partial charge on any atom is 0.255 e. The van der Waals surface area contributed by atoms with Crippen LogP contribution < -0.4 is 11.1 Å². The molecule has 0 saturated heterocycles. The number of carbonyl (C=O) groups is 1. The van der Waals surface area contributed by atoms with Crippen molar-refractivity contribution in [3.8, 4) is 0 Å². The van der Waals surface area contributed by atoms with Crippen LogP contribution in [0.25, 0.3) is 0 Å². The van der Waals surface area contributed by atoms with Gasteiger partial charge in [-0.3, -0.25) is 4.79 Å². The van der Waals surface area contributed by atoms with Crippen LogP contribution in [0, 0.1) is 12.7 Å². The van der Waals surface area contributed by atoms with Crippen molar-refractivity contribution in [1.82, 2.24) is 4.98 Å². The minimum absolute atomic E-state index is 0.290. The van der Waals surface area contributed by atoms with Crippen molar-refractivity contribution in [2.24, 2.45) is 0 Å². The lowest BCUT2D eigenvalue weighted by molar-refractivity contribution is 0.102. The average molecular weight is 352 g/mol. The predicted octanol–water partition coefficient (Wildman–Crippen LogP) is 3.69. The molecular formula is C15H15BrFN3O. The number of nitrogens with one attached hydrogen (secondary N) is 1. The number of hydrogen-bond donors (Lipinski definition) is 2. The number of nitrogens with two attached hydrogens (primary N) is 1. The zero-order valence-corrected chi connectivity index (χ0v) is 13.3. The number of aromatic nitrogens is 1. The normalized spacial score (nSPS) is 10.5. The van der Waals surface area contributed by atoms with E-state index in [1.807, 2.05) is 6.92 Å². The number of rotatable bonds is 3. The van der Waals surface area contributed by atoms with E-state index >= 15 is 0 Å². The predicted molar refractivity (Wildman–Crippen MR) is 84.8 cm³/mol. The molecule has 0 fully saturated rings. The van der Waals surface area contributed by atoms with E-state index in [0.29, 0.717) is 28.0 Å². The molecule has 4 nitrogen and oxygen atoms in total. The van der Waals surface area contributed by atoms with Gasteiger partial charge in [0.2, 0.25) is 0 Å². The number of hydrogen-bond acceptors (Lipinski definition) is 3. The van der Waals surface area contributed by atoms with Gasteiger partial charge >= 0.3 is 0 Å². The Morgan fingerprint density at radius 3 is 2.76 bits per heavy atom. The van der Waals surface area contributed by atoms with E-state index in [9.17, 15) is 9.18 Å². The van der Waals surface area contributed by atoms with Gasteiger partial charge in [-0.1, -0.05) is 6.92 Å². The molecule has 2 rings (SSSR count). The molecule has 0 aliphatic heterocycles. The summed E-state index contributed by atoms with van der Waals surface area (Å²) >= 11 is 3.11. The maximum atomic E-state index is 13.6. The molecule has 110 valence electrons. The summed E-state index contributed by atoms with van der Waals surface area (Å²) in [5.41, 5.74) is 8.01. The second kappa shape index (κ2) is 6.22. The molecular weight excluding hydrogens is 337 g/mol. The largest absolute Gasteiger partial charge is 0.384 e. The summed E-state index contributed by atoms with van der Waals surface area (Å²) in [5.74, 6) is -0.485. The fraction of sp³-hybridized carbons (Fsp3) is 0.200. The second-order valence-corrected chi connectivity index (χ2v) is 5.52. The first kappa shape index (κ1) is 15.4. The molecule has 1 heterocycles. The van der Waals surface area contributed by atoms with Crippen LogP contribution in [-0.2, 0) is 6.42 Å². The number of nitrogen functional groups attached to an aromatic ring is 1. The van der Waals surface area contributed by atoms with Crippen molar-refractivity contribution in [3.05, 3.63) is 51.4 Å². The Morgan fingerprint density at radius 2 is 2.10 bits per heavy atom. The van der Waals surface area contributed by atoms with Crippen molar-refractivity contribution in [3.63, 3.8) is 0 Å². The van der Waals surface area contributed by atoms with Crippen LogP contribution >= 0.6 is 15.9 Å². The Labute approximate surface area is 130 Å². The highest BCUT2D eigenvalue weighted by atomic mass is 79.9. The molecule has 3 N–H and O–H groups in total. The molecule has 0 aliphatic rings. The number of halogens is 2. The minimum Gasteiger partial charge on any atom is -0.384 e. The highest BCUT2D eigenvalue weighted by Crippen LogP contribution is 2.24. The molecule has 0 unspecified atom stereocenters. The molecule has 0 spiro atoms. The van der Waals surface area contributed by atoms with Crippen LogP contribution in [0.4, 0.5) is 15.9 Å². The van der Waals surface area contributed by atoms with E-state index in [4.69, 9.17) is 5.73 Å². The number of amides is 1. The van der Waals surface area contributed by atoms with Crippen LogP contribution in [0.3, 0.4) is 0 Å². The Hall–Kier alpha value is -1.95. The zero-order chi connectivity index (χ0) is 15.6. The average Bonchev–Trinajstić information content (AvgIpc) is 2.43. The third-order valence-electron chi connectivity index (χ3n) is 3.04. The lowest BCUT2D eigenvalue weighted by Gasteiger charge is -2.10. The number of benzene rings is 1. The van der Waals surface area contributed by atoms with Gasteiger partial charge in [0, 0.05) is 16.9 Å². The monoisotopic (exact) mass is 351 g/mol. The summed E-state index contributed by atoms with van der Waals surface area (Å²) < 4.78 is 13.9. The second-order valence-electron chi connectivity index (χ2n) is 4.66. The molecule has 0 radical (unpaired) electrons. The van der Waals surface area contributed by atoms with Crippen LogP contribution in [-0.4, -0.2) is 10.9 Å². The first-order valence-electron chi connectivity index (χ1n) is 6.44. The number of nitrogens with zero attached hydrogens (tertiary/aromatic N) is 1. The molecule has 0 aliphatic carbocycles. The van der Waals surface area contributed by atoms with Gasteiger partial charge in [-0.2, -0.15) is 0 Å². The van der Waals surface area contributed by atoms with E-state index in [1.165, 1.54) is 12.1 Å². The van der Waals surface area contributed by atoms with Gasteiger partial charge in [-0.25, -0.2) is 9.37 Å². The first-order chi connectivity index (χ1) is 9.90. The van der Waals surface area contributed by atoms with Gasteiger partial charge in [0.25, 0.3) is 5.91 Å². The quantitative estimate of drug-likeness (QED) is 0.885. The van der Waals surface area contributed by atoms with Crippen LogP contribution in [0.1, 0.15) is 28.5 Å². The number of anilines is 2. The molecule has 1 aromatic carbocycles. The summed E-state index contributed by atoms with van der Waals surface area (Å²) in [6.45, 7) is 3.72. The lowest BCUT2D eigenvalue weighted by atomic mass is 10.1.